The van der Waals surface area contributed by atoms with Gasteiger partial charge in [0.1, 0.15) is 37.6 Å². The van der Waals surface area contributed by atoms with E-state index < -0.39 is 146 Å². The lowest BCUT2D eigenvalue weighted by molar-refractivity contribution is -0.264. The molecule has 0 bridgehead atoms. The molecule has 10 rings (SSSR count). The Morgan fingerprint density at radius 3 is 1.11 bits per heavy atom. The van der Waals surface area contributed by atoms with Gasteiger partial charge in [-0.2, -0.15) is 0 Å². The number of hydrogen-bond donors (Lipinski definition) is 2. The first-order chi connectivity index (χ1) is 53.8. The number of aliphatic hydroxyl groups is 2. The number of aliphatic hydroxyl groups excluding tert-OH is 2. The molecule has 3 unspecified atom stereocenters. The maximum absolute atomic E-state index is 14.2. The Balaban J connectivity index is 0.000000234. The van der Waals surface area contributed by atoms with Crippen LogP contribution in [-0.4, -0.2) is 154 Å². The molecule has 0 radical (unpaired) electrons. The average Bonchev–Trinajstić information content (AvgIpc) is 0.785. The van der Waals surface area contributed by atoms with Gasteiger partial charge in [-0.05, 0) is 105 Å². The van der Waals surface area contributed by atoms with Gasteiger partial charge in [0, 0.05) is 70.3 Å². The van der Waals surface area contributed by atoms with Crippen LogP contribution in [0, 0.1) is 0 Å². The Hall–Kier alpha value is -12.6. The van der Waals surface area contributed by atoms with E-state index in [0.717, 1.165) is 61.1 Å². The van der Waals surface area contributed by atoms with Crippen LogP contribution in [0.3, 0.4) is 0 Å². The number of esters is 4. The minimum absolute atomic E-state index is 0.0169. The molecule has 2 amide bonds. The molecule has 2 saturated heterocycles. The van der Waals surface area contributed by atoms with E-state index in [2.05, 4.69) is 60.2 Å². The van der Waals surface area contributed by atoms with Crippen LogP contribution in [-0.2, 0) is 88.1 Å². The summed E-state index contributed by atoms with van der Waals surface area (Å²) in [4.78, 5) is 94.7. The number of benzene rings is 6. The second-order valence-corrected chi connectivity index (χ2v) is 25.8. The standard InChI is InChI=1S/C37H40N10O8.C27H28N4O4.C10H14N6O5/c1-23(48)52-33-29(42-45-39)20-30(43-46-40)34(35(33)53-24(2)49)55-36-28(41-44-38)18-19-31(54-36)32(27-16-10-5-11-17-27)47(21-25-12-6-3-7-13-25)37(50)51-22-26-14-8-4-9-15-26;28-30-29-23-16-17-24(35-26(23)32)25(22-14-8-3-9-15-22)31(18-20-10-4-1-5-11-20)27(33)34-19-21-12-6-2-7-13-21;1-4(17)20-9-7(14-16-12)3-6(13-15-11)8(19)10(9)21-5(2)18/h3-17,28-36H,18-22H2,1-2H3;1-15,23-26,32H,16-19H2;6-10,19H,3H2,1-2H3/t28?,29-,30+,31+,32-,33+,34-,35-,36-;23?,24-,25+,26?;6-,7+,8+,9-,10-/m100/s1. The van der Waals surface area contributed by atoms with Crippen LogP contribution in [0.15, 0.2) is 213 Å². The van der Waals surface area contributed by atoms with E-state index in [1.54, 1.807) is 9.80 Å². The van der Waals surface area contributed by atoms with E-state index in [1.807, 2.05) is 182 Å². The Bertz CT molecular complexity index is 4350. The Morgan fingerprint density at radius 1 is 0.396 bits per heavy atom. The largest absolute Gasteiger partial charge is 0.458 e. The number of azide groups is 6. The Kier molecular flexibility index (Phi) is 32.9. The van der Waals surface area contributed by atoms with Crippen molar-refractivity contribution in [1.82, 2.24) is 9.80 Å². The highest BCUT2D eigenvalue weighted by molar-refractivity contribution is 5.70. The molecule has 37 heteroatoms. The first kappa shape index (κ1) is 84.0. The van der Waals surface area contributed by atoms with Gasteiger partial charge in [-0.3, -0.25) is 29.0 Å². The van der Waals surface area contributed by atoms with Crippen molar-refractivity contribution in [2.24, 2.45) is 30.7 Å². The van der Waals surface area contributed by atoms with Crippen LogP contribution in [0.2, 0.25) is 0 Å². The molecule has 6 aromatic carbocycles. The van der Waals surface area contributed by atoms with E-state index >= 15 is 0 Å². The summed E-state index contributed by atoms with van der Waals surface area (Å²) < 4.78 is 51.8. The smallest absolute Gasteiger partial charge is 0.411 e. The fourth-order valence-corrected chi connectivity index (χ4v) is 13.4. The van der Waals surface area contributed by atoms with Crippen molar-refractivity contribution in [3.63, 3.8) is 0 Å². The highest BCUT2D eigenvalue weighted by Gasteiger charge is 2.53. The topological polar surface area (TPSA) is 525 Å². The summed E-state index contributed by atoms with van der Waals surface area (Å²) in [6.45, 7) is 5.09. The van der Waals surface area contributed by atoms with Gasteiger partial charge in [0.05, 0.1) is 60.5 Å². The van der Waals surface area contributed by atoms with Gasteiger partial charge in [-0.25, -0.2) is 9.59 Å². The molecule has 111 heavy (non-hydrogen) atoms. The van der Waals surface area contributed by atoms with Crippen molar-refractivity contribution >= 4 is 36.1 Å². The number of rotatable bonds is 26. The molecule has 2 aliphatic heterocycles. The highest BCUT2D eigenvalue weighted by Crippen LogP contribution is 2.41. The molecular formula is C74H82N20O17. The van der Waals surface area contributed by atoms with Crippen molar-refractivity contribution in [3.8, 4) is 0 Å². The Morgan fingerprint density at radius 2 is 0.712 bits per heavy atom. The minimum atomic E-state index is -1.44. The number of carbonyl (C=O) groups is 6. The number of ether oxygens (including phenoxy) is 9. The van der Waals surface area contributed by atoms with Crippen molar-refractivity contribution in [3.05, 3.63) is 278 Å². The molecule has 0 aromatic heterocycles. The van der Waals surface area contributed by atoms with Crippen molar-refractivity contribution in [2.75, 3.05) is 0 Å². The second-order valence-electron chi connectivity index (χ2n) is 25.8. The van der Waals surface area contributed by atoms with E-state index in [4.69, 9.17) is 59.2 Å². The Labute approximate surface area is 635 Å². The normalized spacial score (nSPS) is 24.7. The molecule has 37 nitrogen and oxygen atoms in total. The summed E-state index contributed by atoms with van der Waals surface area (Å²) in [7, 11) is 0. The molecule has 2 aliphatic carbocycles. The number of hydrogen-bond acceptors (Lipinski definition) is 23. The van der Waals surface area contributed by atoms with Crippen LogP contribution < -0.4 is 0 Å². The molecule has 2 heterocycles. The van der Waals surface area contributed by atoms with Gasteiger partial charge in [-0.15, -0.1) is 0 Å². The predicted molar refractivity (Wildman–Crippen MR) is 394 cm³/mol. The maximum Gasteiger partial charge on any atom is 0.411 e. The van der Waals surface area contributed by atoms with Crippen LogP contribution in [0.4, 0.5) is 9.59 Å². The third-order valence-electron chi connectivity index (χ3n) is 18.2. The summed E-state index contributed by atoms with van der Waals surface area (Å²) in [6, 6.07) is 49.6. The van der Waals surface area contributed by atoms with Gasteiger partial charge in [0.15, 0.2) is 24.8 Å². The zero-order valence-electron chi connectivity index (χ0n) is 60.7. The van der Waals surface area contributed by atoms with Crippen molar-refractivity contribution in [2.45, 2.75) is 202 Å². The summed E-state index contributed by atoms with van der Waals surface area (Å²) >= 11 is 0. The molecular weight excluding hydrogens is 1440 g/mol. The second kappa shape index (κ2) is 43.4. The average molecular weight is 1520 g/mol. The third kappa shape index (κ3) is 24.7. The van der Waals surface area contributed by atoms with Gasteiger partial charge in [0.2, 0.25) is 0 Å². The maximum atomic E-state index is 14.2. The molecule has 6 aromatic rings. The van der Waals surface area contributed by atoms with E-state index in [-0.39, 0.29) is 39.0 Å². The summed E-state index contributed by atoms with van der Waals surface area (Å²) in [5, 5.41) is 42.6. The van der Waals surface area contributed by atoms with Crippen LogP contribution in [0.1, 0.15) is 112 Å². The van der Waals surface area contributed by atoms with Crippen LogP contribution in [0.5, 0.6) is 0 Å². The predicted octanol–water partition coefficient (Wildman–Crippen LogP) is 14.5. The number of nitrogens with zero attached hydrogens (tertiary/aromatic N) is 20. The fourth-order valence-electron chi connectivity index (χ4n) is 13.4. The van der Waals surface area contributed by atoms with Crippen LogP contribution >= 0.6 is 0 Å². The van der Waals surface area contributed by atoms with Gasteiger partial charge < -0.3 is 52.8 Å². The molecule has 18 atom stereocenters. The molecule has 580 valence electrons. The zero-order chi connectivity index (χ0) is 79.6. The number of carbonyl (C=O) groups excluding carboxylic acids is 6. The summed E-state index contributed by atoms with van der Waals surface area (Å²) in [6.07, 6.45) is -11.7. The quantitative estimate of drug-likeness (QED) is 0.0167. The fraction of sp³-hybridized carbons (Fsp3) is 0.432. The van der Waals surface area contributed by atoms with Gasteiger partial charge >= 0.3 is 36.1 Å². The highest BCUT2D eigenvalue weighted by atomic mass is 16.7. The van der Waals surface area contributed by atoms with Gasteiger partial charge in [0.25, 0.3) is 0 Å². The molecule has 4 fully saturated rings. The first-order valence-corrected chi connectivity index (χ1v) is 35.2. The van der Waals surface area contributed by atoms with E-state index in [1.165, 1.54) is 0 Å². The monoisotopic (exact) mass is 1520 g/mol. The molecule has 0 spiro atoms. The van der Waals surface area contributed by atoms with Gasteiger partial charge in [-0.1, -0.05) is 213 Å². The van der Waals surface area contributed by atoms with E-state index in [0.29, 0.717) is 25.8 Å². The lowest BCUT2D eigenvalue weighted by Gasteiger charge is -2.46. The van der Waals surface area contributed by atoms with E-state index in [9.17, 15) is 55.6 Å². The SMILES string of the molecule is CC(=O)O[C@@H]1[C@@H](OC(C)=O)[C@H](N=[N+]=[N-])C[C@H](N=[N+]=[N-])[C@H]1O[C@H]1O[C@H]([C@@H](c2ccccc2)N(Cc2ccccc2)C(=O)OCc2ccccc2)CCC1N=[N+]=[N-].CC(=O)O[C@@H]1[C@@H](OC(C)=O)[C@H](O)[C@@H](N=[N+]=[N-])C[C@H]1N=[N+]=[N-].[N-]=[N+]=NC1CC[C@@H]([C@@H](c2ccccc2)N(Cc2ccccc2)C(=O)OCc2ccccc2)OC1O. The van der Waals surface area contributed by atoms with Crippen molar-refractivity contribution < 1.29 is 81.6 Å². The molecule has 2 N–H and O–H groups in total. The third-order valence-corrected chi connectivity index (χ3v) is 18.2. The lowest BCUT2D eigenvalue weighted by atomic mass is 9.84. The zero-order valence-corrected chi connectivity index (χ0v) is 60.7. The van der Waals surface area contributed by atoms with Crippen LogP contribution in [0.25, 0.3) is 62.7 Å². The van der Waals surface area contributed by atoms with Crippen molar-refractivity contribution in [1.29, 1.82) is 0 Å². The first-order valence-electron chi connectivity index (χ1n) is 35.2. The lowest BCUT2D eigenvalue weighted by Crippen LogP contribution is -2.60. The molecule has 2 saturated carbocycles. The summed E-state index contributed by atoms with van der Waals surface area (Å²) in [5.74, 6) is -2.96. The minimum Gasteiger partial charge on any atom is -0.458 e. The number of amides is 2. The summed E-state index contributed by atoms with van der Waals surface area (Å²) in [5.41, 5.74) is 59.2. The molecule has 4 aliphatic rings.